The maximum absolute atomic E-state index is 11.4. The standard InChI is InChI=1S/C15H15NO2/c1-16(2)15(17)18-14-10-8-13(9-11-14)12-6-4-3-5-7-12/h3-11H,1-2H3. The van der Waals surface area contributed by atoms with Gasteiger partial charge in [-0.15, -0.1) is 0 Å². The van der Waals surface area contributed by atoms with Gasteiger partial charge >= 0.3 is 6.09 Å². The molecule has 92 valence electrons. The zero-order chi connectivity index (χ0) is 13.0. The summed E-state index contributed by atoms with van der Waals surface area (Å²) in [6.07, 6.45) is -0.373. The normalized spacial score (nSPS) is 9.89. The van der Waals surface area contributed by atoms with Crippen LogP contribution < -0.4 is 4.74 Å². The Balaban J connectivity index is 2.13. The first-order valence-corrected chi connectivity index (χ1v) is 5.71. The van der Waals surface area contributed by atoms with Gasteiger partial charge in [0.2, 0.25) is 0 Å². The lowest BCUT2D eigenvalue weighted by molar-refractivity contribution is 0.172. The van der Waals surface area contributed by atoms with Gasteiger partial charge in [0.1, 0.15) is 5.75 Å². The number of hydrogen-bond donors (Lipinski definition) is 0. The topological polar surface area (TPSA) is 29.5 Å². The highest BCUT2D eigenvalue weighted by Crippen LogP contribution is 2.22. The van der Waals surface area contributed by atoms with E-state index in [-0.39, 0.29) is 6.09 Å². The van der Waals surface area contributed by atoms with E-state index in [4.69, 9.17) is 4.74 Å². The van der Waals surface area contributed by atoms with Crippen LogP contribution in [0.5, 0.6) is 5.75 Å². The fraction of sp³-hybridized carbons (Fsp3) is 0.133. The highest BCUT2D eigenvalue weighted by molar-refractivity contribution is 5.71. The molecular formula is C15H15NO2. The summed E-state index contributed by atoms with van der Waals surface area (Å²) in [6, 6.07) is 17.5. The van der Waals surface area contributed by atoms with Crippen LogP contribution in [-0.4, -0.2) is 25.1 Å². The van der Waals surface area contributed by atoms with Crippen molar-refractivity contribution >= 4 is 6.09 Å². The van der Waals surface area contributed by atoms with Crippen molar-refractivity contribution in [2.45, 2.75) is 0 Å². The van der Waals surface area contributed by atoms with Gasteiger partial charge in [-0.3, -0.25) is 0 Å². The van der Waals surface area contributed by atoms with E-state index in [2.05, 4.69) is 0 Å². The second-order valence-corrected chi connectivity index (χ2v) is 4.15. The smallest absolute Gasteiger partial charge is 0.410 e. The predicted molar refractivity (Wildman–Crippen MR) is 71.6 cm³/mol. The first-order chi connectivity index (χ1) is 8.66. The number of hydrogen-bond acceptors (Lipinski definition) is 2. The number of benzene rings is 2. The first kappa shape index (κ1) is 12.2. The van der Waals surface area contributed by atoms with Crippen LogP contribution in [-0.2, 0) is 0 Å². The minimum absolute atomic E-state index is 0.373. The van der Waals surface area contributed by atoms with Gasteiger partial charge in [0.15, 0.2) is 0 Å². The van der Waals surface area contributed by atoms with Gasteiger partial charge < -0.3 is 9.64 Å². The largest absolute Gasteiger partial charge is 0.414 e. The number of carbonyl (C=O) groups excluding carboxylic acids is 1. The van der Waals surface area contributed by atoms with E-state index in [0.29, 0.717) is 5.75 Å². The number of rotatable bonds is 2. The van der Waals surface area contributed by atoms with Gasteiger partial charge in [-0.2, -0.15) is 0 Å². The number of ether oxygens (including phenoxy) is 1. The van der Waals surface area contributed by atoms with Crippen LogP contribution in [0.2, 0.25) is 0 Å². The lowest BCUT2D eigenvalue weighted by Gasteiger charge is -2.10. The van der Waals surface area contributed by atoms with Crippen molar-refractivity contribution in [2.24, 2.45) is 0 Å². The van der Waals surface area contributed by atoms with E-state index in [1.54, 1.807) is 26.2 Å². The molecule has 2 aromatic rings. The number of carbonyl (C=O) groups is 1. The Morgan fingerprint density at radius 3 is 2.00 bits per heavy atom. The van der Waals surface area contributed by atoms with Gasteiger partial charge in [-0.05, 0) is 23.3 Å². The van der Waals surface area contributed by atoms with Gasteiger partial charge in [0.05, 0.1) is 0 Å². The summed E-state index contributed by atoms with van der Waals surface area (Å²) < 4.78 is 5.15. The Hall–Kier alpha value is -2.29. The molecule has 0 spiro atoms. The van der Waals surface area contributed by atoms with E-state index < -0.39 is 0 Å². The second kappa shape index (κ2) is 5.36. The van der Waals surface area contributed by atoms with Crippen molar-refractivity contribution < 1.29 is 9.53 Å². The molecule has 2 rings (SSSR count). The molecular weight excluding hydrogens is 226 g/mol. The zero-order valence-corrected chi connectivity index (χ0v) is 10.5. The molecule has 0 unspecified atom stereocenters. The lowest BCUT2D eigenvalue weighted by Crippen LogP contribution is -2.25. The van der Waals surface area contributed by atoms with Crippen molar-refractivity contribution in [3.05, 3.63) is 54.6 Å². The van der Waals surface area contributed by atoms with Gasteiger partial charge in [0, 0.05) is 14.1 Å². The average molecular weight is 241 g/mol. The Bertz CT molecular complexity index is 518. The summed E-state index contributed by atoms with van der Waals surface area (Å²) in [6.45, 7) is 0. The molecule has 0 atom stereocenters. The van der Waals surface area contributed by atoms with Crippen molar-refractivity contribution in [1.82, 2.24) is 4.90 Å². The highest BCUT2D eigenvalue weighted by atomic mass is 16.6. The minimum Gasteiger partial charge on any atom is -0.410 e. The van der Waals surface area contributed by atoms with Crippen LogP contribution in [0.3, 0.4) is 0 Å². The van der Waals surface area contributed by atoms with Gasteiger partial charge in [0.25, 0.3) is 0 Å². The lowest BCUT2D eigenvalue weighted by atomic mass is 10.1. The van der Waals surface area contributed by atoms with Crippen molar-refractivity contribution in [3.8, 4) is 16.9 Å². The predicted octanol–water partition coefficient (Wildman–Crippen LogP) is 3.41. The molecule has 3 nitrogen and oxygen atoms in total. The fourth-order valence-corrected chi connectivity index (χ4v) is 1.54. The summed E-state index contributed by atoms with van der Waals surface area (Å²) in [7, 11) is 3.31. The molecule has 0 aromatic heterocycles. The maximum atomic E-state index is 11.4. The summed E-state index contributed by atoms with van der Waals surface area (Å²) in [5.74, 6) is 0.549. The molecule has 0 aliphatic rings. The summed E-state index contributed by atoms with van der Waals surface area (Å²) >= 11 is 0. The van der Waals surface area contributed by atoms with E-state index in [1.807, 2.05) is 42.5 Å². The number of nitrogens with zero attached hydrogens (tertiary/aromatic N) is 1. The average Bonchev–Trinajstić information content (AvgIpc) is 2.40. The summed E-state index contributed by atoms with van der Waals surface area (Å²) in [5.41, 5.74) is 2.24. The first-order valence-electron chi connectivity index (χ1n) is 5.71. The Kier molecular flexibility index (Phi) is 3.63. The molecule has 0 saturated heterocycles. The fourth-order valence-electron chi connectivity index (χ4n) is 1.54. The van der Waals surface area contributed by atoms with Crippen LogP contribution in [0.4, 0.5) is 4.79 Å². The summed E-state index contributed by atoms with van der Waals surface area (Å²) in [5, 5.41) is 0. The number of amides is 1. The van der Waals surface area contributed by atoms with Crippen LogP contribution in [0.15, 0.2) is 54.6 Å². The molecule has 0 saturated carbocycles. The van der Waals surface area contributed by atoms with Crippen LogP contribution >= 0.6 is 0 Å². The van der Waals surface area contributed by atoms with E-state index in [1.165, 1.54) is 4.90 Å². The molecule has 0 heterocycles. The Morgan fingerprint density at radius 2 is 1.44 bits per heavy atom. The molecule has 0 N–H and O–H groups in total. The maximum Gasteiger partial charge on any atom is 0.414 e. The zero-order valence-electron chi connectivity index (χ0n) is 10.5. The van der Waals surface area contributed by atoms with E-state index >= 15 is 0 Å². The highest BCUT2D eigenvalue weighted by Gasteiger charge is 2.06. The SMILES string of the molecule is CN(C)C(=O)Oc1ccc(-c2ccccc2)cc1. The molecule has 0 fully saturated rings. The van der Waals surface area contributed by atoms with Crippen LogP contribution in [0.1, 0.15) is 0 Å². The molecule has 18 heavy (non-hydrogen) atoms. The van der Waals surface area contributed by atoms with Crippen molar-refractivity contribution in [2.75, 3.05) is 14.1 Å². The quantitative estimate of drug-likeness (QED) is 0.806. The van der Waals surface area contributed by atoms with Crippen molar-refractivity contribution in [3.63, 3.8) is 0 Å². The van der Waals surface area contributed by atoms with Gasteiger partial charge in [-0.1, -0.05) is 42.5 Å². The molecule has 0 radical (unpaired) electrons. The molecule has 3 heteroatoms. The third-order valence-corrected chi connectivity index (χ3v) is 2.53. The van der Waals surface area contributed by atoms with Crippen LogP contribution in [0, 0.1) is 0 Å². The molecule has 0 aliphatic heterocycles. The van der Waals surface area contributed by atoms with E-state index in [0.717, 1.165) is 11.1 Å². The Morgan fingerprint density at radius 1 is 0.889 bits per heavy atom. The third-order valence-electron chi connectivity index (χ3n) is 2.53. The monoisotopic (exact) mass is 241 g/mol. The molecule has 1 amide bonds. The van der Waals surface area contributed by atoms with Crippen LogP contribution in [0.25, 0.3) is 11.1 Å². The van der Waals surface area contributed by atoms with E-state index in [9.17, 15) is 4.79 Å². The van der Waals surface area contributed by atoms with Crippen molar-refractivity contribution in [1.29, 1.82) is 0 Å². The third kappa shape index (κ3) is 2.88. The Labute approximate surface area is 107 Å². The second-order valence-electron chi connectivity index (χ2n) is 4.15. The molecule has 2 aromatic carbocycles. The van der Waals surface area contributed by atoms with Gasteiger partial charge in [-0.25, -0.2) is 4.79 Å². The molecule has 0 aliphatic carbocycles. The summed E-state index contributed by atoms with van der Waals surface area (Å²) in [4.78, 5) is 12.8. The minimum atomic E-state index is -0.373. The molecule has 0 bridgehead atoms.